The Hall–Kier alpha value is -2.76. The van der Waals surface area contributed by atoms with Crippen LogP contribution in [0, 0.1) is 5.82 Å². The van der Waals surface area contributed by atoms with E-state index in [2.05, 4.69) is 10.6 Å². The summed E-state index contributed by atoms with van der Waals surface area (Å²) >= 11 is 0. The van der Waals surface area contributed by atoms with Crippen molar-refractivity contribution in [3.05, 3.63) is 59.9 Å². The van der Waals surface area contributed by atoms with Crippen LogP contribution in [0.25, 0.3) is 0 Å². The number of para-hydroxylation sites is 2. The highest BCUT2D eigenvalue weighted by Gasteiger charge is 2.04. The molecule has 22 heavy (non-hydrogen) atoms. The maximum Gasteiger partial charge on any atom is 0.317 e. The van der Waals surface area contributed by atoms with E-state index in [1.54, 1.807) is 31.4 Å². The smallest absolute Gasteiger partial charge is 0.317 e. The number of nitrogens with one attached hydrogen (secondary N) is 2. The molecule has 0 bridgehead atoms. The summed E-state index contributed by atoms with van der Waals surface area (Å²) in [7, 11) is 1.54. The van der Waals surface area contributed by atoms with Gasteiger partial charge in [-0.2, -0.15) is 0 Å². The van der Waals surface area contributed by atoms with E-state index in [1.165, 1.54) is 12.1 Å². The van der Waals surface area contributed by atoms with Gasteiger partial charge in [-0.25, -0.2) is 9.18 Å². The number of amides is 2. The molecule has 0 aliphatic carbocycles. The first-order chi connectivity index (χ1) is 10.7. The highest BCUT2D eigenvalue weighted by molar-refractivity contribution is 5.73. The summed E-state index contributed by atoms with van der Waals surface area (Å²) in [5.41, 5.74) is 0.681. The van der Waals surface area contributed by atoms with Gasteiger partial charge in [0.1, 0.15) is 5.82 Å². The summed E-state index contributed by atoms with van der Waals surface area (Å²) in [5, 5.41) is 5.16. The number of urea groups is 1. The molecule has 0 unspecified atom stereocenters. The van der Waals surface area contributed by atoms with Gasteiger partial charge in [0.25, 0.3) is 0 Å². The molecule has 2 aromatic carbocycles. The summed E-state index contributed by atoms with van der Waals surface area (Å²) in [6.45, 7) is 0.230. The van der Waals surface area contributed by atoms with Crippen LogP contribution in [0.4, 0.5) is 9.18 Å². The van der Waals surface area contributed by atoms with Crippen LogP contribution in [0.2, 0.25) is 0 Å². The van der Waals surface area contributed by atoms with Crippen LogP contribution < -0.4 is 20.1 Å². The van der Waals surface area contributed by atoms with E-state index in [0.717, 1.165) is 0 Å². The molecular weight excluding hydrogens is 287 g/mol. The second kappa shape index (κ2) is 7.87. The third-order valence-electron chi connectivity index (χ3n) is 2.87. The lowest BCUT2D eigenvalue weighted by molar-refractivity contribution is 0.221. The van der Waals surface area contributed by atoms with Gasteiger partial charge in [0.05, 0.1) is 7.11 Å². The molecule has 0 radical (unpaired) electrons. The Morgan fingerprint density at radius 1 is 1.09 bits per heavy atom. The van der Waals surface area contributed by atoms with E-state index in [9.17, 15) is 9.18 Å². The van der Waals surface area contributed by atoms with Crippen molar-refractivity contribution in [3.63, 3.8) is 0 Å². The summed E-state index contributed by atoms with van der Waals surface area (Å²) < 4.78 is 23.5. The molecule has 6 heteroatoms. The molecule has 2 amide bonds. The zero-order valence-electron chi connectivity index (χ0n) is 12.1. The summed E-state index contributed by atoms with van der Waals surface area (Å²) in [4.78, 5) is 11.6. The Morgan fingerprint density at radius 3 is 2.59 bits per heavy atom. The minimum Gasteiger partial charge on any atom is -0.493 e. The molecule has 2 rings (SSSR count). The molecule has 0 saturated carbocycles. The Labute approximate surface area is 128 Å². The lowest BCUT2D eigenvalue weighted by Crippen LogP contribution is -2.37. The molecule has 116 valence electrons. The molecular formula is C16H17FN2O3. The Bertz CT molecular complexity index is 634. The molecule has 0 aliphatic rings. The first kappa shape index (κ1) is 15.6. The van der Waals surface area contributed by atoms with Gasteiger partial charge in [-0.05, 0) is 29.8 Å². The molecule has 0 fully saturated rings. The second-order valence-electron chi connectivity index (χ2n) is 4.43. The Morgan fingerprint density at radius 2 is 1.86 bits per heavy atom. The first-order valence-corrected chi connectivity index (χ1v) is 6.71. The largest absolute Gasteiger partial charge is 0.493 e. The highest BCUT2D eigenvalue weighted by atomic mass is 19.1. The van der Waals surface area contributed by atoms with E-state index in [4.69, 9.17) is 9.47 Å². The molecule has 0 aromatic heterocycles. The fraction of sp³-hybridized carbons (Fsp3) is 0.188. The normalized spacial score (nSPS) is 9.91. The molecule has 0 saturated heterocycles. The number of halogens is 1. The molecule has 2 N–H and O–H groups in total. The van der Waals surface area contributed by atoms with Gasteiger partial charge in [0, 0.05) is 6.54 Å². The molecule has 0 atom stereocenters. The number of ether oxygens (including phenoxy) is 2. The van der Waals surface area contributed by atoms with Gasteiger partial charge in [0.2, 0.25) is 0 Å². The summed E-state index contributed by atoms with van der Waals surface area (Å²) in [5.74, 6) is 0.791. The number of hydrogen-bond acceptors (Lipinski definition) is 3. The fourth-order valence-electron chi connectivity index (χ4n) is 1.81. The van der Waals surface area contributed by atoms with Crippen LogP contribution in [-0.4, -0.2) is 19.9 Å². The molecule has 0 spiro atoms. The van der Waals surface area contributed by atoms with Gasteiger partial charge in [-0.1, -0.05) is 24.3 Å². The monoisotopic (exact) mass is 304 g/mol. The van der Waals surface area contributed by atoms with Crippen LogP contribution in [0.1, 0.15) is 5.56 Å². The van der Waals surface area contributed by atoms with E-state index in [0.29, 0.717) is 17.1 Å². The van der Waals surface area contributed by atoms with Crippen molar-refractivity contribution in [2.24, 2.45) is 0 Å². The van der Waals surface area contributed by atoms with Gasteiger partial charge >= 0.3 is 6.03 Å². The van der Waals surface area contributed by atoms with Crippen molar-refractivity contribution in [3.8, 4) is 11.5 Å². The van der Waals surface area contributed by atoms with E-state index in [-0.39, 0.29) is 19.1 Å². The highest BCUT2D eigenvalue weighted by Crippen LogP contribution is 2.25. The number of benzene rings is 2. The topological polar surface area (TPSA) is 59.6 Å². The van der Waals surface area contributed by atoms with Crippen LogP contribution in [0.5, 0.6) is 11.5 Å². The molecule has 0 heterocycles. The number of rotatable bonds is 6. The average Bonchev–Trinajstić information content (AvgIpc) is 2.53. The van der Waals surface area contributed by atoms with Crippen LogP contribution >= 0.6 is 0 Å². The maximum absolute atomic E-state index is 13.0. The number of hydrogen-bond donors (Lipinski definition) is 2. The second-order valence-corrected chi connectivity index (χ2v) is 4.43. The summed E-state index contributed by atoms with van der Waals surface area (Å²) in [6, 6.07) is 12.8. The SMILES string of the molecule is COc1ccccc1OCNC(=O)NCc1cccc(F)c1. The van der Waals surface area contributed by atoms with E-state index >= 15 is 0 Å². The zero-order valence-corrected chi connectivity index (χ0v) is 12.1. The lowest BCUT2D eigenvalue weighted by Gasteiger charge is -2.11. The van der Waals surface area contributed by atoms with Crippen LogP contribution in [-0.2, 0) is 6.54 Å². The van der Waals surface area contributed by atoms with Crippen molar-refractivity contribution < 1.29 is 18.7 Å². The van der Waals surface area contributed by atoms with E-state index < -0.39 is 6.03 Å². The lowest BCUT2D eigenvalue weighted by atomic mass is 10.2. The number of methoxy groups -OCH3 is 1. The minimum absolute atomic E-state index is 0.00461. The molecule has 0 aliphatic heterocycles. The zero-order chi connectivity index (χ0) is 15.8. The number of carbonyl (C=O) groups excluding carboxylic acids is 1. The van der Waals surface area contributed by atoms with Crippen molar-refractivity contribution in [2.75, 3.05) is 13.8 Å². The Kier molecular flexibility index (Phi) is 5.59. The first-order valence-electron chi connectivity index (χ1n) is 6.71. The van der Waals surface area contributed by atoms with Gasteiger partial charge in [-0.3, -0.25) is 0 Å². The quantitative estimate of drug-likeness (QED) is 0.807. The fourth-order valence-corrected chi connectivity index (χ4v) is 1.81. The van der Waals surface area contributed by atoms with Gasteiger partial charge in [-0.15, -0.1) is 0 Å². The average molecular weight is 304 g/mol. The third-order valence-corrected chi connectivity index (χ3v) is 2.87. The van der Waals surface area contributed by atoms with Crippen molar-refractivity contribution in [2.45, 2.75) is 6.54 Å². The van der Waals surface area contributed by atoms with E-state index in [1.807, 2.05) is 12.1 Å². The van der Waals surface area contributed by atoms with Crippen LogP contribution in [0.3, 0.4) is 0 Å². The third kappa shape index (κ3) is 4.66. The maximum atomic E-state index is 13.0. The van der Waals surface area contributed by atoms with Crippen LogP contribution in [0.15, 0.2) is 48.5 Å². The Balaban J connectivity index is 1.74. The summed E-state index contributed by atoms with van der Waals surface area (Å²) in [6.07, 6.45) is 0. The minimum atomic E-state index is -0.404. The molecule has 2 aromatic rings. The van der Waals surface area contributed by atoms with Crippen molar-refractivity contribution >= 4 is 6.03 Å². The van der Waals surface area contributed by atoms with Gasteiger partial charge < -0.3 is 20.1 Å². The van der Waals surface area contributed by atoms with Crippen molar-refractivity contribution in [1.82, 2.24) is 10.6 Å². The predicted octanol–water partition coefficient (Wildman–Crippen LogP) is 2.67. The predicted molar refractivity (Wildman–Crippen MR) is 80.3 cm³/mol. The molecule has 5 nitrogen and oxygen atoms in total. The number of carbonyl (C=O) groups is 1. The van der Waals surface area contributed by atoms with Gasteiger partial charge in [0.15, 0.2) is 18.2 Å². The van der Waals surface area contributed by atoms with Crippen molar-refractivity contribution in [1.29, 1.82) is 0 Å². The standard InChI is InChI=1S/C16H17FN2O3/c1-21-14-7-2-3-8-15(14)22-11-19-16(20)18-10-12-5-4-6-13(17)9-12/h2-9H,10-11H2,1H3,(H2,18,19,20).